The smallest absolute Gasteiger partial charge is 0.409 e. The molecule has 1 aromatic rings. The number of hydrogen-bond donors (Lipinski definition) is 1. The maximum absolute atomic E-state index is 13.0. The lowest BCUT2D eigenvalue weighted by Crippen LogP contribution is -2.45. The summed E-state index contributed by atoms with van der Waals surface area (Å²) in [6.45, 7) is 3.77. The number of halogens is 1. The lowest BCUT2D eigenvalue weighted by molar-refractivity contribution is 0.0339. The third kappa shape index (κ3) is 4.93. The SMILES string of the molecule is CCCCOC(=O)N1CCC(CO)(Cc2ccc(F)cc2)CC1. The predicted molar refractivity (Wildman–Crippen MR) is 86.7 cm³/mol. The summed E-state index contributed by atoms with van der Waals surface area (Å²) in [5, 5.41) is 9.85. The first-order valence-electron chi connectivity index (χ1n) is 8.35. The average molecular weight is 323 g/mol. The molecule has 0 aliphatic carbocycles. The lowest BCUT2D eigenvalue weighted by atomic mass is 9.74. The summed E-state index contributed by atoms with van der Waals surface area (Å²) in [6, 6.07) is 6.41. The van der Waals surface area contributed by atoms with E-state index in [1.165, 1.54) is 12.1 Å². The van der Waals surface area contributed by atoms with Gasteiger partial charge in [0, 0.05) is 25.1 Å². The average Bonchev–Trinajstić information content (AvgIpc) is 2.58. The molecule has 1 amide bonds. The number of hydrogen-bond acceptors (Lipinski definition) is 3. The summed E-state index contributed by atoms with van der Waals surface area (Å²) in [5.74, 6) is -0.253. The maximum atomic E-state index is 13.0. The van der Waals surface area contributed by atoms with E-state index in [0.717, 1.165) is 31.2 Å². The quantitative estimate of drug-likeness (QED) is 0.817. The Bertz CT molecular complexity index is 495. The van der Waals surface area contributed by atoms with E-state index in [-0.39, 0.29) is 23.9 Å². The molecule has 23 heavy (non-hydrogen) atoms. The molecule has 0 saturated carbocycles. The minimum Gasteiger partial charge on any atom is -0.449 e. The van der Waals surface area contributed by atoms with Crippen molar-refractivity contribution in [2.24, 2.45) is 5.41 Å². The maximum Gasteiger partial charge on any atom is 0.409 e. The Morgan fingerprint density at radius 1 is 1.30 bits per heavy atom. The van der Waals surface area contributed by atoms with Crippen LogP contribution in [0.25, 0.3) is 0 Å². The number of benzene rings is 1. The van der Waals surface area contributed by atoms with Crippen LogP contribution in [0.4, 0.5) is 9.18 Å². The van der Waals surface area contributed by atoms with E-state index < -0.39 is 0 Å². The van der Waals surface area contributed by atoms with Crippen molar-refractivity contribution in [3.63, 3.8) is 0 Å². The molecule has 2 rings (SSSR count). The van der Waals surface area contributed by atoms with Gasteiger partial charge in [-0.1, -0.05) is 25.5 Å². The molecule has 1 fully saturated rings. The molecule has 0 atom stereocenters. The van der Waals surface area contributed by atoms with Gasteiger partial charge in [0.25, 0.3) is 0 Å². The molecular weight excluding hydrogens is 297 g/mol. The van der Waals surface area contributed by atoms with Crippen molar-refractivity contribution in [1.82, 2.24) is 4.90 Å². The molecular formula is C18H26FNO3. The summed E-state index contributed by atoms with van der Waals surface area (Å²) in [7, 11) is 0. The fraction of sp³-hybridized carbons (Fsp3) is 0.611. The largest absolute Gasteiger partial charge is 0.449 e. The second kappa shape index (κ2) is 8.29. The lowest BCUT2D eigenvalue weighted by Gasteiger charge is -2.40. The van der Waals surface area contributed by atoms with Gasteiger partial charge in [-0.05, 0) is 43.4 Å². The molecule has 4 nitrogen and oxygen atoms in total. The number of likely N-dealkylation sites (tertiary alicyclic amines) is 1. The van der Waals surface area contributed by atoms with Gasteiger partial charge in [-0.2, -0.15) is 0 Å². The first-order chi connectivity index (χ1) is 11.1. The van der Waals surface area contributed by atoms with E-state index in [9.17, 15) is 14.3 Å². The summed E-state index contributed by atoms with van der Waals surface area (Å²) in [6.07, 6.45) is 3.77. The number of piperidine rings is 1. The fourth-order valence-electron chi connectivity index (χ4n) is 2.98. The number of nitrogens with zero attached hydrogens (tertiary/aromatic N) is 1. The third-order valence-corrected chi connectivity index (χ3v) is 4.63. The molecule has 1 heterocycles. The Morgan fingerprint density at radius 2 is 1.96 bits per heavy atom. The molecule has 1 N–H and O–H groups in total. The van der Waals surface area contributed by atoms with E-state index in [2.05, 4.69) is 6.92 Å². The number of carbonyl (C=O) groups excluding carboxylic acids is 1. The van der Waals surface area contributed by atoms with E-state index in [4.69, 9.17) is 4.74 Å². The highest BCUT2D eigenvalue weighted by molar-refractivity contribution is 5.67. The molecule has 0 spiro atoms. The van der Waals surface area contributed by atoms with Gasteiger partial charge in [0.1, 0.15) is 5.82 Å². The van der Waals surface area contributed by atoms with Crippen molar-refractivity contribution >= 4 is 6.09 Å². The van der Waals surface area contributed by atoms with E-state index in [0.29, 0.717) is 26.1 Å². The van der Waals surface area contributed by atoms with Crippen molar-refractivity contribution in [3.05, 3.63) is 35.6 Å². The molecule has 0 radical (unpaired) electrons. The number of carbonyl (C=O) groups is 1. The van der Waals surface area contributed by atoms with Gasteiger partial charge < -0.3 is 14.7 Å². The Kier molecular flexibility index (Phi) is 6.39. The first-order valence-corrected chi connectivity index (χ1v) is 8.35. The Hall–Kier alpha value is -1.62. The second-order valence-corrected chi connectivity index (χ2v) is 6.42. The van der Waals surface area contributed by atoms with Crippen LogP contribution in [0.1, 0.15) is 38.2 Å². The van der Waals surface area contributed by atoms with E-state index >= 15 is 0 Å². The second-order valence-electron chi connectivity index (χ2n) is 6.42. The van der Waals surface area contributed by atoms with Crippen molar-refractivity contribution in [3.8, 4) is 0 Å². The van der Waals surface area contributed by atoms with Crippen molar-refractivity contribution in [1.29, 1.82) is 0 Å². The fourth-order valence-corrected chi connectivity index (χ4v) is 2.98. The molecule has 0 unspecified atom stereocenters. The number of aliphatic hydroxyl groups is 1. The Labute approximate surface area is 137 Å². The van der Waals surface area contributed by atoms with Gasteiger partial charge in [0.15, 0.2) is 0 Å². The third-order valence-electron chi connectivity index (χ3n) is 4.63. The Morgan fingerprint density at radius 3 is 2.52 bits per heavy atom. The van der Waals surface area contributed by atoms with Crippen LogP contribution >= 0.6 is 0 Å². The minimum absolute atomic E-state index is 0.0725. The summed E-state index contributed by atoms with van der Waals surface area (Å²) < 4.78 is 18.2. The van der Waals surface area contributed by atoms with Crippen LogP contribution in [0.15, 0.2) is 24.3 Å². The van der Waals surface area contributed by atoms with Crippen LogP contribution in [0.5, 0.6) is 0 Å². The molecule has 1 aromatic carbocycles. The molecule has 0 aromatic heterocycles. The summed E-state index contributed by atoms with van der Waals surface area (Å²) in [4.78, 5) is 13.7. The molecule has 0 bridgehead atoms. The number of ether oxygens (including phenoxy) is 1. The standard InChI is InChI=1S/C18H26FNO3/c1-2-3-12-23-17(22)20-10-8-18(14-21,9-11-20)13-15-4-6-16(19)7-5-15/h4-7,21H,2-3,8-14H2,1H3. The number of amides is 1. The zero-order valence-corrected chi connectivity index (χ0v) is 13.8. The number of unbranched alkanes of at least 4 members (excludes halogenated alkanes) is 1. The highest BCUT2D eigenvalue weighted by Crippen LogP contribution is 2.35. The van der Waals surface area contributed by atoms with E-state index in [1.807, 2.05) is 0 Å². The summed E-state index contributed by atoms with van der Waals surface area (Å²) in [5.41, 5.74) is 0.775. The number of rotatable bonds is 6. The minimum atomic E-state index is -0.258. The van der Waals surface area contributed by atoms with Crippen LogP contribution in [-0.4, -0.2) is 42.4 Å². The van der Waals surface area contributed by atoms with Gasteiger partial charge >= 0.3 is 6.09 Å². The molecule has 1 saturated heterocycles. The topological polar surface area (TPSA) is 49.8 Å². The molecule has 128 valence electrons. The zero-order valence-electron chi connectivity index (χ0n) is 13.8. The van der Waals surface area contributed by atoms with Crippen LogP contribution < -0.4 is 0 Å². The van der Waals surface area contributed by atoms with Crippen molar-refractivity contribution in [2.75, 3.05) is 26.3 Å². The zero-order chi connectivity index (χ0) is 16.7. The first kappa shape index (κ1) is 17.7. The van der Waals surface area contributed by atoms with Gasteiger partial charge in [-0.25, -0.2) is 9.18 Å². The molecule has 1 aliphatic heterocycles. The number of aliphatic hydroxyl groups excluding tert-OH is 1. The van der Waals surface area contributed by atoms with Crippen LogP contribution in [0.3, 0.4) is 0 Å². The predicted octanol–water partition coefficient (Wildman–Crippen LogP) is 3.38. The monoisotopic (exact) mass is 323 g/mol. The van der Waals surface area contributed by atoms with Crippen molar-refractivity contribution < 1.29 is 19.0 Å². The van der Waals surface area contributed by atoms with E-state index in [1.54, 1.807) is 17.0 Å². The molecule has 1 aliphatic rings. The van der Waals surface area contributed by atoms with Crippen LogP contribution in [-0.2, 0) is 11.2 Å². The van der Waals surface area contributed by atoms with Gasteiger partial charge in [0.2, 0.25) is 0 Å². The van der Waals surface area contributed by atoms with Crippen molar-refractivity contribution in [2.45, 2.75) is 39.0 Å². The normalized spacial score (nSPS) is 17.1. The van der Waals surface area contributed by atoms with Gasteiger partial charge in [0.05, 0.1) is 6.61 Å². The van der Waals surface area contributed by atoms with Crippen LogP contribution in [0, 0.1) is 11.2 Å². The highest BCUT2D eigenvalue weighted by atomic mass is 19.1. The van der Waals surface area contributed by atoms with Crippen LogP contribution in [0.2, 0.25) is 0 Å². The van der Waals surface area contributed by atoms with Gasteiger partial charge in [-0.15, -0.1) is 0 Å². The highest BCUT2D eigenvalue weighted by Gasteiger charge is 2.36. The summed E-state index contributed by atoms with van der Waals surface area (Å²) >= 11 is 0. The van der Waals surface area contributed by atoms with Gasteiger partial charge in [-0.3, -0.25) is 0 Å². The Balaban J connectivity index is 1.89. The molecule has 5 heteroatoms.